The lowest BCUT2D eigenvalue weighted by molar-refractivity contribution is -0.0511. The van der Waals surface area contributed by atoms with Crippen LogP contribution in [0.5, 0.6) is 0 Å². The number of nitrogens with zero attached hydrogens (tertiary/aromatic N) is 4. The number of ether oxygens (including phenoxy) is 1. The fraction of sp³-hybridized carbons (Fsp3) is 0.312. The zero-order valence-electron chi connectivity index (χ0n) is 13.4. The second-order valence-electron chi connectivity index (χ2n) is 5.88. The maximum Gasteiger partial charge on any atom is 0.230 e. The molecule has 0 aliphatic carbocycles. The second-order valence-corrected chi connectivity index (χ2v) is 6.24. The van der Waals surface area contributed by atoms with Crippen molar-refractivity contribution in [2.75, 3.05) is 11.9 Å². The van der Waals surface area contributed by atoms with Gasteiger partial charge in [-0.2, -0.15) is 9.97 Å². The van der Waals surface area contributed by atoms with Gasteiger partial charge in [0.15, 0.2) is 17.0 Å². The van der Waals surface area contributed by atoms with E-state index in [-0.39, 0.29) is 11.1 Å². The number of aromatic nitrogens is 4. The highest BCUT2D eigenvalue weighted by Crippen LogP contribution is 2.32. The molecule has 1 aromatic carbocycles. The van der Waals surface area contributed by atoms with Crippen LogP contribution in [0.25, 0.3) is 11.2 Å². The molecule has 1 saturated heterocycles. The summed E-state index contributed by atoms with van der Waals surface area (Å²) in [5.41, 5.74) is 1.45. The lowest BCUT2D eigenvalue weighted by Gasteiger charge is -2.16. The smallest absolute Gasteiger partial charge is 0.230 e. The van der Waals surface area contributed by atoms with Gasteiger partial charge in [-0.05, 0) is 12.1 Å². The summed E-state index contributed by atoms with van der Waals surface area (Å²) in [4.78, 5) is 12.7. The molecule has 0 amide bonds. The Labute approximate surface area is 152 Å². The first-order chi connectivity index (χ1) is 12.6. The molecule has 3 heterocycles. The molecule has 136 valence electrons. The SMILES string of the molecule is OC[C@H]1O[C@@H](n2cnc3c(Cl)nc(Nc4ccccc4)nc32)[C@H](O)[C@H]1O. The van der Waals surface area contributed by atoms with Gasteiger partial charge in [-0.1, -0.05) is 29.8 Å². The van der Waals surface area contributed by atoms with Gasteiger partial charge < -0.3 is 25.4 Å². The van der Waals surface area contributed by atoms with Gasteiger partial charge in [0.1, 0.15) is 23.8 Å². The first kappa shape index (κ1) is 17.1. The van der Waals surface area contributed by atoms with Gasteiger partial charge in [0.05, 0.1) is 12.9 Å². The number of nitrogens with one attached hydrogen (secondary N) is 1. The number of fused-ring (bicyclic) bond motifs is 1. The molecular weight excluding hydrogens is 362 g/mol. The molecule has 9 nitrogen and oxygen atoms in total. The topological polar surface area (TPSA) is 126 Å². The van der Waals surface area contributed by atoms with Crippen molar-refractivity contribution in [1.29, 1.82) is 0 Å². The van der Waals surface area contributed by atoms with Crippen molar-refractivity contribution >= 4 is 34.4 Å². The minimum Gasteiger partial charge on any atom is -0.394 e. The molecule has 1 aliphatic rings. The summed E-state index contributed by atoms with van der Waals surface area (Å²) in [6, 6.07) is 9.33. The largest absolute Gasteiger partial charge is 0.394 e. The van der Waals surface area contributed by atoms with Crippen LogP contribution in [0, 0.1) is 0 Å². The second kappa shape index (κ2) is 6.78. The van der Waals surface area contributed by atoms with Crippen molar-refractivity contribution in [3.05, 3.63) is 41.8 Å². The number of aliphatic hydroxyl groups excluding tert-OH is 3. The van der Waals surface area contributed by atoms with E-state index >= 15 is 0 Å². The number of para-hydroxylation sites is 1. The quantitative estimate of drug-likeness (QED) is 0.493. The summed E-state index contributed by atoms with van der Waals surface area (Å²) in [6.07, 6.45) is -2.92. The van der Waals surface area contributed by atoms with Crippen LogP contribution in [0.2, 0.25) is 5.15 Å². The summed E-state index contributed by atoms with van der Waals surface area (Å²) < 4.78 is 7.00. The van der Waals surface area contributed by atoms with Crippen molar-refractivity contribution in [3.8, 4) is 0 Å². The Morgan fingerprint density at radius 3 is 2.62 bits per heavy atom. The molecule has 0 radical (unpaired) electrons. The van der Waals surface area contributed by atoms with Crippen molar-refractivity contribution in [1.82, 2.24) is 19.5 Å². The average molecular weight is 378 g/mol. The Balaban J connectivity index is 1.73. The molecule has 2 aromatic heterocycles. The fourth-order valence-corrected chi connectivity index (χ4v) is 3.10. The molecule has 26 heavy (non-hydrogen) atoms. The first-order valence-corrected chi connectivity index (χ1v) is 8.31. The lowest BCUT2D eigenvalue weighted by Crippen LogP contribution is -2.33. The van der Waals surface area contributed by atoms with Gasteiger partial charge in [0, 0.05) is 5.69 Å². The summed E-state index contributed by atoms with van der Waals surface area (Å²) in [5, 5.41) is 32.6. The van der Waals surface area contributed by atoms with E-state index in [1.165, 1.54) is 10.9 Å². The van der Waals surface area contributed by atoms with E-state index in [1.54, 1.807) is 0 Å². The van der Waals surface area contributed by atoms with E-state index in [0.29, 0.717) is 11.2 Å². The number of aliphatic hydroxyl groups is 3. The molecule has 4 rings (SSSR count). The maximum absolute atomic E-state index is 10.2. The minimum atomic E-state index is -1.25. The van der Waals surface area contributed by atoms with Gasteiger partial charge in [0.25, 0.3) is 0 Å². The number of hydrogen-bond donors (Lipinski definition) is 4. The molecule has 0 saturated carbocycles. The first-order valence-electron chi connectivity index (χ1n) is 7.93. The third-order valence-electron chi connectivity index (χ3n) is 4.20. The predicted molar refractivity (Wildman–Crippen MR) is 93.1 cm³/mol. The van der Waals surface area contributed by atoms with Crippen LogP contribution in [0.3, 0.4) is 0 Å². The summed E-state index contributed by atoms with van der Waals surface area (Å²) >= 11 is 6.21. The summed E-state index contributed by atoms with van der Waals surface area (Å²) in [7, 11) is 0. The van der Waals surface area contributed by atoms with E-state index < -0.39 is 31.1 Å². The van der Waals surface area contributed by atoms with Gasteiger partial charge in [-0.3, -0.25) is 4.57 Å². The molecular formula is C16H16ClN5O4. The molecule has 4 N–H and O–H groups in total. The monoisotopic (exact) mass is 377 g/mol. The number of halogens is 1. The van der Waals surface area contributed by atoms with Crippen LogP contribution >= 0.6 is 11.6 Å². The molecule has 10 heteroatoms. The third-order valence-corrected chi connectivity index (χ3v) is 4.46. The highest BCUT2D eigenvalue weighted by Gasteiger charge is 2.44. The van der Waals surface area contributed by atoms with E-state index in [1.807, 2.05) is 30.3 Å². The van der Waals surface area contributed by atoms with Gasteiger partial charge in [-0.25, -0.2) is 4.98 Å². The number of anilines is 2. The fourth-order valence-electron chi connectivity index (χ4n) is 2.88. The van der Waals surface area contributed by atoms with E-state index in [2.05, 4.69) is 20.3 Å². The molecule has 4 atom stereocenters. The van der Waals surface area contributed by atoms with Crippen LogP contribution in [0.1, 0.15) is 6.23 Å². The Morgan fingerprint density at radius 2 is 1.92 bits per heavy atom. The Bertz CT molecular complexity index is 922. The molecule has 0 bridgehead atoms. The normalized spacial score (nSPS) is 25.7. The minimum absolute atomic E-state index is 0.138. The van der Waals surface area contributed by atoms with Crippen molar-refractivity contribution in [2.45, 2.75) is 24.5 Å². The van der Waals surface area contributed by atoms with Gasteiger partial charge in [-0.15, -0.1) is 0 Å². The number of benzene rings is 1. The lowest BCUT2D eigenvalue weighted by atomic mass is 10.1. The Morgan fingerprint density at radius 1 is 1.15 bits per heavy atom. The summed E-state index contributed by atoms with van der Waals surface area (Å²) in [6.45, 7) is -0.419. The molecule has 1 aliphatic heterocycles. The van der Waals surface area contributed by atoms with E-state index in [4.69, 9.17) is 16.3 Å². The molecule has 0 unspecified atom stereocenters. The van der Waals surface area contributed by atoms with Gasteiger partial charge in [0.2, 0.25) is 5.95 Å². The van der Waals surface area contributed by atoms with E-state index in [0.717, 1.165) is 5.69 Å². The maximum atomic E-state index is 10.2. The number of imidazole rings is 1. The number of hydrogen-bond acceptors (Lipinski definition) is 8. The van der Waals surface area contributed by atoms with Gasteiger partial charge >= 0.3 is 0 Å². The molecule has 0 spiro atoms. The zero-order chi connectivity index (χ0) is 18.3. The van der Waals surface area contributed by atoms with Crippen molar-refractivity contribution < 1.29 is 20.1 Å². The summed E-state index contributed by atoms with van der Waals surface area (Å²) in [5.74, 6) is 0.252. The number of rotatable bonds is 4. The molecule has 1 fully saturated rings. The Kier molecular flexibility index (Phi) is 4.47. The Hall–Kier alpha value is -2.30. The van der Waals surface area contributed by atoms with Crippen molar-refractivity contribution in [3.63, 3.8) is 0 Å². The highest BCUT2D eigenvalue weighted by molar-refractivity contribution is 6.33. The average Bonchev–Trinajstić information content (AvgIpc) is 3.18. The standard InChI is InChI=1S/C16H16ClN5O4/c17-13-10-14(21-16(20-13)19-8-4-2-1-3-5-8)22(7-18-10)15-12(25)11(24)9(6-23)26-15/h1-5,7,9,11-12,15,23-25H,6H2,(H,19,20,21)/t9-,11+,12-,15-/m1/s1. The highest BCUT2D eigenvalue weighted by atomic mass is 35.5. The predicted octanol–water partition coefficient (Wildman–Crippen LogP) is 0.835. The van der Waals surface area contributed by atoms with E-state index in [9.17, 15) is 15.3 Å². The van der Waals surface area contributed by atoms with Crippen molar-refractivity contribution in [2.24, 2.45) is 0 Å². The zero-order valence-corrected chi connectivity index (χ0v) is 14.2. The van der Waals surface area contributed by atoms with Crippen LogP contribution in [0.4, 0.5) is 11.6 Å². The van der Waals surface area contributed by atoms with Crippen LogP contribution in [0.15, 0.2) is 36.7 Å². The molecule has 3 aromatic rings. The van der Waals surface area contributed by atoms with Crippen LogP contribution in [-0.2, 0) is 4.74 Å². The third kappa shape index (κ3) is 2.89. The van der Waals surface area contributed by atoms with Crippen LogP contribution < -0.4 is 5.32 Å². The van der Waals surface area contributed by atoms with Crippen LogP contribution in [-0.4, -0.2) is 59.8 Å².